The number of aromatic nitrogens is 2. The minimum atomic E-state index is -0.268. The lowest BCUT2D eigenvalue weighted by molar-refractivity contribution is 0.0953. The van der Waals surface area contributed by atoms with Crippen molar-refractivity contribution in [3.8, 4) is 5.75 Å². The molecule has 0 saturated carbocycles. The Labute approximate surface area is 122 Å². The van der Waals surface area contributed by atoms with Crippen LogP contribution in [-0.2, 0) is 0 Å². The first kappa shape index (κ1) is 14.5. The maximum absolute atomic E-state index is 11.8. The van der Waals surface area contributed by atoms with Crippen molar-refractivity contribution >= 4 is 17.4 Å². The molecule has 0 unspecified atom stereocenters. The van der Waals surface area contributed by atoms with Gasteiger partial charge in [-0.3, -0.25) is 4.79 Å². The van der Waals surface area contributed by atoms with Crippen LogP contribution in [0.3, 0.4) is 0 Å². The number of carbonyl (C=O) groups excluding carboxylic acids is 1. The summed E-state index contributed by atoms with van der Waals surface area (Å²) in [7, 11) is 1.61. The van der Waals surface area contributed by atoms with E-state index in [4.69, 9.17) is 4.74 Å². The fourth-order valence-corrected chi connectivity index (χ4v) is 1.63. The number of nitrogens with zero attached hydrogens (tertiary/aromatic N) is 2. The lowest BCUT2D eigenvalue weighted by atomic mass is 10.3. The summed E-state index contributed by atoms with van der Waals surface area (Å²) < 4.78 is 5.09. The third-order valence-electron chi connectivity index (χ3n) is 2.67. The Kier molecular flexibility index (Phi) is 4.87. The lowest BCUT2D eigenvalue weighted by Gasteiger charge is -2.07. The molecule has 0 spiro atoms. The maximum Gasteiger partial charge on any atom is 0.270 e. The van der Waals surface area contributed by atoms with Crippen molar-refractivity contribution < 1.29 is 9.53 Å². The SMILES string of the molecule is C=CCNC(=O)c1cc(Nc2ccc(OC)cc2)ncn1. The van der Waals surface area contributed by atoms with Gasteiger partial charge in [-0.05, 0) is 24.3 Å². The Hall–Kier alpha value is -2.89. The van der Waals surface area contributed by atoms with Gasteiger partial charge in [0, 0.05) is 18.3 Å². The Balaban J connectivity index is 2.09. The fourth-order valence-electron chi connectivity index (χ4n) is 1.63. The first-order valence-electron chi connectivity index (χ1n) is 6.35. The van der Waals surface area contributed by atoms with Gasteiger partial charge < -0.3 is 15.4 Å². The molecule has 21 heavy (non-hydrogen) atoms. The number of methoxy groups -OCH3 is 1. The van der Waals surface area contributed by atoms with E-state index >= 15 is 0 Å². The van der Waals surface area contributed by atoms with E-state index in [1.807, 2.05) is 24.3 Å². The molecule has 0 aliphatic heterocycles. The van der Waals surface area contributed by atoms with Crippen molar-refractivity contribution in [3.63, 3.8) is 0 Å². The fraction of sp³-hybridized carbons (Fsp3) is 0.133. The quantitative estimate of drug-likeness (QED) is 0.795. The van der Waals surface area contributed by atoms with Crippen molar-refractivity contribution in [1.82, 2.24) is 15.3 Å². The second kappa shape index (κ2) is 7.04. The van der Waals surface area contributed by atoms with E-state index in [0.29, 0.717) is 18.1 Å². The van der Waals surface area contributed by atoms with Crippen molar-refractivity contribution in [1.29, 1.82) is 0 Å². The molecule has 0 radical (unpaired) electrons. The molecular formula is C15H16N4O2. The predicted octanol–water partition coefficient (Wildman–Crippen LogP) is 2.14. The molecule has 0 aliphatic rings. The summed E-state index contributed by atoms with van der Waals surface area (Å²) in [6.45, 7) is 3.94. The van der Waals surface area contributed by atoms with E-state index in [0.717, 1.165) is 11.4 Å². The molecule has 1 aromatic heterocycles. The predicted molar refractivity (Wildman–Crippen MR) is 80.8 cm³/mol. The number of ether oxygens (including phenoxy) is 1. The zero-order valence-corrected chi connectivity index (χ0v) is 11.7. The third kappa shape index (κ3) is 4.04. The van der Waals surface area contributed by atoms with Gasteiger partial charge in [0.15, 0.2) is 0 Å². The van der Waals surface area contributed by atoms with Crippen molar-refractivity contribution in [3.05, 3.63) is 55.0 Å². The van der Waals surface area contributed by atoms with Gasteiger partial charge in [0.1, 0.15) is 23.6 Å². The van der Waals surface area contributed by atoms with Crippen molar-refractivity contribution in [2.45, 2.75) is 0 Å². The molecule has 2 aromatic rings. The molecule has 1 heterocycles. The van der Waals surface area contributed by atoms with Gasteiger partial charge in [0.05, 0.1) is 7.11 Å². The number of hydrogen-bond acceptors (Lipinski definition) is 5. The average Bonchev–Trinajstić information content (AvgIpc) is 2.53. The van der Waals surface area contributed by atoms with Crippen LogP contribution in [0.5, 0.6) is 5.75 Å². The zero-order chi connectivity index (χ0) is 15.1. The van der Waals surface area contributed by atoms with Crippen molar-refractivity contribution in [2.75, 3.05) is 19.0 Å². The molecule has 0 aliphatic carbocycles. The normalized spacial score (nSPS) is 9.76. The molecule has 0 bridgehead atoms. The molecule has 1 amide bonds. The second-order valence-corrected chi connectivity index (χ2v) is 4.14. The molecule has 2 rings (SSSR count). The van der Waals surface area contributed by atoms with E-state index in [1.54, 1.807) is 19.3 Å². The van der Waals surface area contributed by atoms with E-state index in [1.165, 1.54) is 6.33 Å². The van der Waals surface area contributed by atoms with E-state index in [9.17, 15) is 4.79 Å². The second-order valence-electron chi connectivity index (χ2n) is 4.14. The van der Waals surface area contributed by atoms with Crippen LogP contribution in [0, 0.1) is 0 Å². The van der Waals surface area contributed by atoms with E-state index in [2.05, 4.69) is 27.2 Å². The summed E-state index contributed by atoms with van der Waals surface area (Å²) in [6.07, 6.45) is 2.95. The molecule has 0 fully saturated rings. The number of anilines is 2. The summed E-state index contributed by atoms with van der Waals surface area (Å²) in [6, 6.07) is 8.97. The molecule has 6 heteroatoms. The van der Waals surface area contributed by atoms with Crippen LogP contribution in [0.15, 0.2) is 49.3 Å². The minimum absolute atomic E-state index is 0.268. The maximum atomic E-state index is 11.8. The largest absolute Gasteiger partial charge is 0.497 e. The smallest absolute Gasteiger partial charge is 0.270 e. The van der Waals surface area contributed by atoms with Gasteiger partial charge in [0.2, 0.25) is 0 Å². The lowest BCUT2D eigenvalue weighted by Crippen LogP contribution is -2.24. The summed E-state index contributed by atoms with van der Waals surface area (Å²) in [4.78, 5) is 19.8. The Morgan fingerprint density at radius 2 is 2.10 bits per heavy atom. The summed E-state index contributed by atoms with van der Waals surface area (Å²) >= 11 is 0. The molecule has 0 saturated heterocycles. The van der Waals surface area contributed by atoms with E-state index < -0.39 is 0 Å². The highest BCUT2D eigenvalue weighted by Crippen LogP contribution is 2.18. The number of hydrogen-bond donors (Lipinski definition) is 2. The van der Waals surface area contributed by atoms with Crippen LogP contribution >= 0.6 is 0 Å². The standard InChI is InChI=1S/C15H16N4O2/c1-3-8-16-15(20)13-9-14(18-10-17-13)19-11-4-6-12(21-2)7-5-11/h3-7,9-10H,1,8H2,2H3,(H,16,20)(H,17,18,19). The minimum Gasteiger partial charge on any atom is -0.497 e. The number of carbonyl (C=O) groups is 1. The number of rotatable bonds is 6. The first-order chi connectivity index (χ1) is 10.2. The van der Waals surface area contributed by atoms with Crippen LogP contribution in [-0.4, -0.2) is 29.5 Å². The average molecular weight is 284 g/mol. The third-order valence-corrected chi connectivity index (χ3v) is 2.67. The molecule has 1 aromatic carbocycles. The van der Waals surface area contributed by atoms with Crippen molar-refractivity contribution in [2.24, 2.45) is 0 Å². The number of nitrogens with one attached hydrogen (secondary N) is 2. The van der Waals surface area contributed by atoms with Gasteiger partial charge in [-0.15, -0.1) is 6.58 Å². The Bertz CT molecular complexity index is 626. The molecule has 0 atom stereocenters. The van der Waals surface area contributed by atoms with Gasteiger partial charge in [-0.1, -0.05) is 6.08 Å². The summed E-state index contributed by atoms with van der Waals surface area (Å²) in [5, 5.41) is 5.76. The molecule has 2 N–H and O–H groups in total. The summed E-state index contributed by atoms with van der Waals surface area (Å²) in [5.74, 6) is 1.04. The van der Waals surface area contributed by atoms with Crippen LogP contribution in [0.4, 0.5) is 11.5 Å². The number of amides is 1. The monoisotopic (exact) mass is 284 g/mol. The van der Waals surface area contributed by atoms with Crippen LogP contribution < -0.4 is 15.4 Å². The molecule has 108 valence electrons. The van der Waals surface area contributed by atoms with Crippen LogP contribution in [0.1, 0.15) is 10.5 Å². The Morgan fingerprint density at radius 1 is 1.33 bits per heavy atom. The van der Waals surface area contributed by atoms with E-state index in [-0.39, 0.29) is 5.91 Å². The first-order valence-corrected chi connectivity index (χ1v) is 6.35. The number of benzene rings is 1. The molecule has 6 nitrogen and oxygen atoms in total. The zero-order valence-electron chi connectivity index (χ0n) is 11.7. The van der Waals surface area contributed by atoms with Crippen LogP contribution in [0.2, 0.25) is 0 Å². The highest BCUT2D eigenvalue weighted by molar-refractivity contribution is 5.93. The topological polar surface area (TPSA) is 76.1 Å². The van der Waals surface area contributed by atoms with Gasteiger partial charge in [0.25, 0.3) is 5.91 Å². The van der Waals surface area contributed by atoms with Gasteiger partial charge in [-0.2, -0.15) is 0 Å². The summed E-state index contributed by atoms with van der Waals surface area (Å²) in [5.41, 5.74) is 1.13. The highest BCUT2D eigenvalue weighted by atomic mass is 16.5. The van der Waals surface area contributed by atoms with Crippen LogP contribution in [0.25, 0.3) is 0 Å². The molecular weight excluding hydrogens is 268 g/mol. The van der Waals surface area contributed by atoms with Gasteiger partial charge in [-0.25, -0.2) is 9.97 Å². The van der Waals surface area contributed by atoms with Gasteiger partial charge >= 0.3 is 0 Å². The Morgan fingerprint density at radius 3 is 2.76 bits per heavy atom. The highest BCUT2D eigenvalue weighted by Gasteiger charge is 2.07.